The summed E-state index contributed by atoms with van der Waals surface area (Å²) in [5, 5.41) is 6.44. The molecule has 0 bridgehead atoms. The third-order valence-corrected chi connectivity index (χ3v) is 4.65. The van der Waals surface area contributed by atoms with E-state index < -0.39 is 0 Å². The van der Waals surface area contributed by atoms with Gasteiger partial charge in [0, 0.05) is 0 Å². The van der Waals surface area contributed by atoms with Gasteiger partial charge in [-0.2, -0.15) is 0 Å². The molecule has 2 atom stereocenters. The van der Waals surface area contributed by atoms with Crippen molar-refractivity contribution in [1.29, 1.82) is 0 Å². The Kier molecular flexibility index (Phi) is 6.44. The lowest BCUT2D eigenvalue weighted by Crippen LogP contribution is -2.37. The molecule has 4 nitrogen and oxygen atoms in total. The van der Waals surface area contributed by atoms with Gasteiger partial charge in [-0.25, -0.2) is 0 Å². The molecule has 1 amide bonds. The molecule has 2 aromatic carbocycles. The fourth-order valence-electron chi connectivity index (χ4n) is 3.14. The molecule has 0 unspecified atom stereocenters. The summed E-state index contributed by atoms with van der Waals surface area (Å²) in [4.78, 5) is 12.6. The highest BCUT2D eigenvalue weighted by Crippen LogP contribution is 2.22. The Balaban J connectivity index is 1.64. The van der Waals surface area contributed by atoms with Crippen LogP contribution in [0.1, 0.15) is 47.9 Å². The van der Waals surface area contributed by atoms with Crippen LogP contribution in [-0.2, 0) is 4.79 Å². The number of aryl methyl sites for hydroxylation is 1. The van der Waals surface area contributed by atoms with Crippen LogP contribution in [-0.4, -0.2) is 12.5 Å². The van der Waals surface area contributed by atoms with E-state index >= 15 is 0 Å². The number of benzene rings is 2. The van der Waals surface area contributed by atoms with Crippen molar-refractivity contribution in [2.75, 3.05) is 6.54 Å². The fourth-order valence-corrected chi connectivity index (χ4v) is 3.14. The first-order chi connectivity index (χ1) is 13.2. The molecule has 0 radical (unpaired) electrons. The number of nitrogens with one attached hydrogen (secondary N) is 2. The Hall–Kier alpha value is -2.85. The second-order valence-electron chi connectivity index (χ2n) is 6.68. The normalized spacial score (nSPS) is 13.1. The average Bonchev–Trinajstić information content (AvgIpc) is 3.22. The van der Waals surface area contributed by atoms with Gasteiger partial charge in [0.25, 0.3) is 0 Å². The van der Waals surface area contributed by atoms with Crippen LogP contribution in [0.3, 0.4) is 0 Å². The van der Waals surface area contributed by atoms with Crippen molar-refractivity contribution < 1.29 is 9.21 Å². The maximum atomic E-state index is 12.6. The molecule has 3 aromatic rings. The Morgan fingerprint density at radius 3 is 2.33 bits per heavy atom. The number of amides is 1. The molecule has 0 spiro atoms. The zero-order valence-corrected chi connectivity index (χ0v) is 15.8. The summed E-state index contributed by atoms with van der Waals surface area (Å²) in [5.74, 6) is 0.759. The molecule has 4 heteroatoms. The van der Waals surface area contributed by atoms with Crippen molar-refractivity contribution in [2.24, 2.45) is 0 Å². The molecule has 3 rings (SSSR count). The Labute approximate surface area is 160 Å². The first kappa shape index (κ1) is 18.9. The second-order valence-corrected chi connectivity index (χ2v) is 6.68. The van der Waals surface area contributed by atoms with Crippen molar-refractivity contribution >= 4 is 5.91 Å². The number of hydrogen-bond acceptors (Lipinski definition) is 3. The van der Waals surface area contributed by atoms with Crippen LogP contribution in [0.5, 0.6) is 0 Å². The van der Waals surface area contributed by atoms with Crippen LogP contribution in [0, 0.1) is 6.92 Å². The fraction of sp³-hybridized carbons (Fsp3) is 0.261. The van der Waals surface area contributed by atoms with Crippen LogP contribution in [0.2, 0.25) is 0 Å². The van der Waals surface area contributed by atoms with Crippen LogP contribution in [0.25, 0.3) is 0 Å². The summed E-state index contributed by atoms with van der Waals surface area (Å²) in [6.45, 7) is 4.35. The highest BCUT2D eigenvalue weighted by atomic mass is 16.3. The number of furan rings is 1. The van der Waals surface area contributed by atoms with E-state index in [2.05, 4.69) is 48.7 Å². The van der Waals surface area contributed by atoms with Crippen LogP contribution < -0.4 is 10.6 Å². The summed E-state index contributed by atoms with van der Waals surface area (Å²) in [7, 11) is 0. The zero-order chi connectivity index (χ0) is 19.1. The summed E-state index contributed by atoms with van der Waals surface area (Å²) in [6, 6.07) is 21.9. The van der Waals surface area contributed by atoms with Crippen molar-refractivity contribution in [1.82, 2.24) is 10.6 Å². The Morgan fingerprint density at radius 2 is 1.70 bits per heavy atom. The molecule has 1 aromatic heterocycles. The van der Waals surface area contributed by atoms with E-state index in [4.69, 9.17) is 4.42 Å². The van der Waals surface area contributed by atoms with Gasteiger partial charge in [-0.3, -0.25) is 10.1 Å². The topological polar surface area (TPSA) is 54.3 Å². The SMILES string of the molecule is CC[C@H](NC(=O)CN[C@@H](c1ccccc1)c1ccco1)c1ccc(C)cc1. The zero-order valence-electron chi connectivity index (χ0n) is 15.8. The molecule has 0 fully saturated rings. The van der Waals surface area contributed by atoms with Crippen LogP contribution in [0.4, 0.5) is 0 Å². The van der Waals surface area contributed by atoms with E-state index in [1.165, 1.54) is 5.56 Å². The predicted molar refractivity (Wildman–Crippen MR) is 107 cm³/mol. The first-order valence-corrected chi connectivity index (χ1v) is 9.35. The maximum absolute atomic E-state index is 12.6. The summed E-state index contributed by atoms with van der Waals surface area (Å²) < 4.78 is 5.57. The maximum Gasteiger partial charge on any atom is 0.234 e. The molecule has 140 valence electrons. The lowest BCUT2D eigenvalue weighted by atomic mass is 10.0. The second kappa shape index (κ2) is 9.19. The van der Waals surface area contributed by atoms with Gasteiger partial charge in [-0.15, -0.1) is 0 Å². The minimum Gasteiger partial charge on any atom is -0.467 e. The molecule has 0 saturated carbocycles. The predicted octanol–water partition coefficient (Wildman–Crippen LogP) is 4.53. The molecular weight excluding hydrogens is 336 g/mol. The van der Waals surface area contributed by atoms with Gasteiger partial charge >= 0.3 is 0 Å². The minimum absolute atomic E-state index is 0.0127. The van der Waals surface area contributed by atoms with Crippen molar-refractivity contribution in [2.45, 2.75) is 32.4 Å². The van der Waals surface area contributed by atoms with E-state index in [0.717, 1.165) is 23.3 Å². The van der Waals surface area contributed by atoms with E-state index in [-0.39, 0.29) is 24.5 Å². The Morgan fingerprint density at radius 1 is 0.963 bits per heavy atom. The molecule has 27 heavy (non-hydrogen) atoms. The first-order valence-electron chi connectivity index (χ1n) is 9.35. The summed E-state index contributed by atoms with van der Waals surface area (Å²) >= 11 is 0. The number of rotatable bonds is 8. The smallest absolute Gasteiger partial charge is 0.234 e. The van der Waals surface area contributed by atoms with E-state index in [1.807, 2.05) is 42.5 Å². The van der Waals surface area contributed by atoms with E-state index in [9.17, 15) is 4.79 Å². The van der Waals surface area contributed by atoms with Gasteiger partial charge in [-0.1, -0.05) is 67.1 Å². The van der Waals surface area contributed by atoms with Gasteiger partial charge in [0.2, 0.25) is 5.91 Å². The third kappa shape index (κ3) is 5.08. The minimum atomic E-state index is -0.161. The van der Waals surface area contributed by atoms with Crippen molar-refractivity contribution in [3.8, 4) is 0 Å². The molecular formula is C23H26N2O2. The highest BCUT2D eigenvalue weighted by molar-refractivity contribution is 5.78. The van der Waals surface area contributed by atoms with Gasteiger partial charge in [-0.05, 0) is 36.6 Å². The van der Waals surface area contributed by atoms with Crippen molar-refractivity contribution in [3.05, 3.63) is 95.4 Å². The Bertz CT molecular complexity index is 827. The number of carbonyl (C=O) groups is 1. The van der Waals surface area contributed by atoms with Gasteiger partial charge < -0.3 is 9.73 Å². The lowest BCUT2D eigenvalue weighted by molar-refractivity contribution is -0.121. The molecule has 2 N–H and O–H groups in total. The lowest BCUT2D eigenvalue weighted by Gasteiger charge is -2.20. The monoisotopic (exact) mass is 362 g/mol. The largest absolute Gasteiger partial charge is 0.467 e. The highest BCUT2D eigenvalue weighted by Gasteiger charge is 2.19. The molecule has 0 aliphatic heterocycles. The van der Waals surface area contributed by atoms with Crippen LogP contribution >= 0.6 is 0 Å². The van der Waals surface area contributed by atoms with Crippen LogP contribution in [0.15, 0.2) is 77.4 Å². The van der Waals surface area contributed by atoms with E-state index in [1.54, 1.807) is 6.26 Å². The quantitative estimate of drug-likeness (QED) is 0.619. The molecule has 0 aliphatic carbocycles. The van der Waals surface area contributed by atoms with Crippen molar-refractivity contribution in [3.63, 3.8) is 0 Å². The summed E-state index contributed by atoms with van der Waals surface area (Å²) in [6.07, 6.45) is 2.49. The molecule has 0 saturated heterocycles. The average molecular weight is 362 g/mol. The standard InChI is InChI=1S/C23H26N2O2/c1-3-20(18-13-11-17(2)12-14-18)25-22(26)16-24-23(21-10-7-15-27-21)19-8-5-4-6-9-19/h4-15,20,23-24H,3,16H2,1-2H3,(H,25,26)/t20-,23-/m0/s1. The number of hydrogen-bond donors (Lipinski definition) is 2. The van der Waals surface area contributed by atoms with Gasteiger partial charge in [0.05, 0.1) is 24.9 Å². The molecule has 1 heterocycles. The van der Waals surface area contributed by atoms with Gasteiger partial charge in [0.15, 0.2) is 0 Å². The summed E-state index contributed by atoms with van der Waals surface area (Å²) in [5.41, 5.74) is 3.40. The third-order valence-electron chi connectivity index (χ3n) is 4.65. The van der Waals surface area contributed by atoms with Gasteiger partial charge in [0.1, 0.15) is 5.76 Å². The van der Waals surface area contributed by atoms with E-state index in [0.29, 0.717) is 0 Å². The number of carbonyl (C=O) groups excluding carboxylic acids is 1. The molecule has 0 aliphatic rings.